The molecule has 2 rings (SSSR count). The first-order chi connectivity index (χ1) is 9.74. The molecule has 2 aromatic heterocycles. The van der Waals surface area contributed by atoms with Gasteiger partial charge in [0, 0.05) is 5.56 Å². The van der Waals surface area contributed by atoms with E-state index in [2.05, 4.69) is 15.2 Å². The normalized spacial score (nSPS) is 12.4. The van der Waals surface area contributed by atoms with Crippen LogP contribution in [0.1, 0.15) is 11.3 Å². The first-order valence-corrected chi connectivity index (χ1v) is 6.91. The highest BCUT2D eigenvalue weighted by molar-refractivity contribution is 7.92. The van der Waals surface area contributed by atoms with Gasteiger partial charge < -0.3 is 5.11 Å². The second-order valence-electron chi connectivity index (χ2n) is 3.92. The maximum absolute atomic E-state index is 12.3. The van der Waals surface area contributed by atoms with E-state index in [1.807, 2.05) is 4.72 Å². The van der Waals surface area contributed by atoms with E-state index >= 15 is 0 Å². The van der Waals surface area contributed by atoms with Crippen LogP contribution in [0.15, 0.2) is 29.6 Å². The molecule has 21 heavy (non-hydrogen) atoms. The number of sulfonamides is 1. The molecule has 0 aliphatic carbocycles. The van der Waals surface area contributed by atoms with Gasteiger partial charge in [-0.15, -0.1) is 0 Å². The third-order valence-corrected chi connectivity index (χ3v) is 3.82. The molecule has 0 aliphatic rings. The van der Waals surface area contributed by atoms with Gasteiger partial charge in [0.2, 0.25) is 0 Å². The molecule has 11 heteroatoms. The number of H-pyrrole nitrogens is 1. The molecule has 0 spiro atoms. The number of nitrogens with one attached hydrogen (secondary N) is 2. The Morgan fingerprint density at radius 2 is 2.00 bits per heavy atom. The van der Waals surface area contributed by atoms with Crippen molar-refractivity contribution < 1.29 is 26.7 Å². The van der Waals surface area contributed by atoms with Crippen molar-refractivity contribution in [1.29, 1.82) is 0 Å². The number of pyridine rings is 1. The number of halogens is 3. The molecule has 0 unspecified atom stereocenters. The van der Waals surface area contributed by atoms with Crippen LogP contribution in [0.25, 0.3) is 0 Å². The summed E-state index contributed by atoms with van der Waals surface area (Å²) in [4.78, 5) is 3.13. The van der Waals surface area contributed by atoms with E-state index in [9.17, 15) is 21.6 Å². The van der Waals surface area contributed by atoms with Crippen molar-refractivity contribution in [3.63, 3.8) is 0 Å². The topological polar surface area (TPSA) is 108 Å². The molecular formula is C10H9F3N4O3S. The molecule has 0 amide bonds. The third kappa shape index (κ3) is 3.31. The Balaban J connectivity index is 2.25. The number of aliphatic hydroxyl groups excluding tert-OH is 1. The van der Waals surface area contributed by atoms with Crippen molar-refractivity contribution in [2.45, 2.75) is 17.8 Å². The summed E-state index contributed by atoms with van der Waals surface area (Å²) in [6.07, 6.45) is -2.74. The van der Waals surface area contributed by atoms with Crippen LogP contribution in [0.2, 0.25) is 0 Å². The molecule has 0 bridgehead atoms. The Hall–Kier alpha value is -2.14. The molecule has 7 nitrogen and oxygen atoms in total. The number of aromatic amines is 1. The monoisotopic (exact) mass is 322 g/mol. The summed E-state index contributed by atoms with van der Waals surface area (Å²) in [6.45, 7) is -0.558. The minimum Gasteiger partial charge on any atom is -0.392 e. The predicted molar refractivity (Wildman–Crippen MR) is 64.6 cm³/mol. The summed E-state index contributed by atoms with van der Waals surface area (Å²) in [5.41, 5.74) is -1.26. The maximum Gasteiger partial charge on any atom is 0.433 e. The molecule has 2 aromatic rings. The van der Waals surface area contributed by atoms with Crippen molar-refractivity contribution >= 4 is 15.7 Å². The molecule has 3 N–H and O–H groups in total. The molecule has 0 saturated heterocycles. The SMILES string of the molecule is O=S(=O)(Nc1ccc(C(F)(F)F)nc1)c1[nH]ncc1CO. The van der Waals surface area contributed by atoms with Gasteiger partial charge in [0.05, 0.1) is 24.7 Å². The lowest BCUT2D eigenvalue weighted by Crippen LogP contribution is -2.16. The van der Waals surface area contributed by atoms with Crippen molar-refractivity contribution in [1.82, 2.24) is 15.2 Å². The molecule has 0 saturated carbocycles. The standard InChI is InChI=1S/C10H9F3N4O3S/c11-10(12,13)8-2-1-7(4-14-8)17-21(19,20)9-6(5-18)3-15-16-9/h1-4,17-18H,5H2,(H,15,16). The fraction of sp³-hybridized carbons (Fsp3) is 0.200. The highest BCUT2D eigenvalue weighted by Gasteiger charge is 2.32. The van der Waals surface area contributed by atoms with Crippen LogP contribution in [0.5, 0.6) is 0 Å². The molecule has 0 atom stereocenters. The maximum atomic E-state index is 12.3. The second-order valence-corrected chi connectivity index (χ2v) is 5.54. The molecule has 0 fully saturated rings. The summed E-state index contributed by atoms with van der Waals surface area (Å²) < 4.78 is 63.0. The molecule has 0 aromatic carbocycles. The van der Waals surface area contributed by atoms with Crippen molar-refractivity contribution in [2.75, 3.05) is 4.72 Å². The average Bonchev–Trinajstić information content (AvgIpc) is 2.87. The zero-order valence-electron chi connectivity index (χ0n) is 10.2. The quantitative estimate of drug-likeness (QED) is 0.781. The number of aliphatic hydroxyl groups is 1. The number of hydrogen-bond donors (Lipinski definition) is 3. The molecular weight excluding hydrogens is 313 g/mol. The minimum absolute atomic E-state index is 0.0300. The second kappa shape index (κ2) is 5.33. The highest BCUT2D eigenvalue weighted by atomic mass is 32.2. The Kier molecular flexibility index (Phi) is 3.87. The van der Waals surface area contributed by atoms with Gasteiger partial charge >= 0.3 is 6.18 Å². The van der Waals surface area contributed by atoms with E-state index < -0.39 is 28.5 Å². The Labute approximate surface area is 116 Å². The Bertz CT molecular complexity index is 725. The molecule has 0 aliphatic heterocycles. The fourth-order valence-corrected chi connectivity index (χ4v) is 2.64. The number of rotatable bonds is 4. The van der Waals surface area contributed by atoms with E-state index in [0.29, 0.717) is 6.07 Å². The third-order valence-electron chi connectivity index (χ3n) is 2.42. The summed E-state index contributed by atoms with van der Waals surface area (Å²) in [5, 5.41) is 14.3. The van der Waals surface area contributed by atoms with Crippen LogP contribution in [-0.4, -0.2) is 28.7 Å². The predicted octanol–water partition coefficient (Wildman–Crippen LogP) is 1.12. The van der Waals surface area contributed by atoms with Gasteiger partial charge in [0.25, 0.3) is 10.0 Å². The van der Waals surface area contributed by atoms with E-state index in [0.717, 1.165) is 18.5 Å². The average molecular weight is 322 g/mol. The number of hydrogen-bond acceptors (Lipinski definition) is 5. The first-order valence-electron chi connectivity index (χ1n) is 5.43. The van der Waals surface area contributed by atoms with Gasteiger partial charge in [-0.25, -0.2) is 4.98 Å². The van der Waals surface area contributed by atoms with E-state index in [-0.39, 0.29) is 16.3 Å². The molecule has 114 valence electrons. The van der Waals surface area contributed by atoms with Gasteiger partial charge in [0.15, 0.2) is 5.03 Å². The lowest BCUT2D eigenvalue weighted by atomic mass is 10.3. The molecule has 2 heterocycles. The van der Waals surface area contributed by atoms with Crippen LogP contribution >= 0.6 is 0 Å². The first kappa shape index (κ1) is 15.3. The number of anilines is 1. The lowest BCUT2D eigenvalue weighted by molar-refractivity contribution is -0.141. The highest BCUT2D eigenvalue weighted by Crippen LogP contribution is 2.28. The smallest absolute Gasteiger partial charge is 0.392 e. The Morgan fingerprint density at radius 3 is 2.52 bits per heavy atom. The summed E-state index contributed by atoms with van der Waals surface area (Å²) in [5.74, 6) is 0. The van der Waals surface area contributed by atoms with E-state index in [1.54, 1.807) is 0 Å². The van der Waals surface area contributed by atoms with Gasteiger partial charge in [-0.2, -0.15) is 26.7 Å². The largest absolute Gasteiger partial charge is 0.433 e. The van der Waals surface area contributed by atoms with E-state index in [1.165, 1.54) is 0 Å². The Morgan fingerprint density at radius 1 is 1.29 bits per heavy atom. The van der Waals surface area contributed by atoms with Crippen LogP contribution in [0.4, 0.5) is 18.9 Å². The van der Waals surface area contributed by atoms with Crippen molar-refractivity contribution in [3.05, 3.63) is 35.8 Å². The summed E-state index contributed by atoms with van der Waals surface area (Å²) in [7, 11) is -4.11. The molecule has 0 radical (unpaired) electrons. The number of nitrogens with zero attached hydrogens (tertiary/aromatic N) is 2. The van der Waals surface area contributed by atoms with Gasteiger partial charge in [0.1, 0.15) is 5.69 Å². The summed E-state index contributed by atoms with van der Waals surface area (Å²) >= 11 is 0. The van der Waals surface area contributed by atoms with Gasteiger partial charge in [-0.3, -0.25) is 9.82 Å². The number of alkyl halides is 3. The number of aromatic nitrogens is 3. The van der Waals surface area contributed by atoms with Crippen LogP contribution in [0.3, 0.4) is 0 Å². The van der Waals surface area contributed by atoms with Crippen LogP contribution in [0, 0.1) is 0 Å². The van der Waals surface area contributed by atoms with Crippen molar-refractivity contribution in [3.8, 4) is 0 Å². The minimum atomic E-state index is -4.61. The fourth-order valence-electron chi connectivity index (χ4n) is 1.47. The van der Waals surface area contributed by atoms with Crippen LogP contribution < -0.4 is 4.72 Å². The lowest BCUT2D eigenvalue weighted by Gasteiger charge is -2.09. The zero-order chi connectivity index (χ0) is 15.7. The summed E-state index contributed by atoms with van der Waals surface area (Å²) in [6, 6.07) is 1.58. The van der Waals surface area contributed by atoms with E-state index in [4.69, 9.17) is 5.11 Å². The van der Waals surface area contributed by atoms with Gasteiger partial charge in [-0.1, -0.05) is 0 Å². The van der Waals surface area contributed by atoms with Crippen LogP contribution in [-0.2, 0) is 22.8 Å². The zero-order valence-corrected chi connectivity index (χ0v) is 11.0. The van der Waals surface area contributed by atoms with Crippen molar-refractivity contribution in [2.24, 2.45) is 0 Å². The van der Waals surface area contributed by atoms with Gasteiger partial charge in [-0.05, 0) is 12.1 Å².